The molecule has 0 bridgehead atoms. The zero-order chi connectivity index (χ0) is 15.0. The van der Waals surface area contributed by atoms with Crippen molar-refractivity contribution in [2.45, 2.75) is 4.83 Å². The molecule has 0 saturated carbocycles. The Morgan fingerprint density at radius 1 is 0.952 bits per heavy atom. The van der Waals surface area contributed by atoms with Crippen molar-refractivity contribution in [1.82, 2.24) is 0 Å². The molecule has 1 aliphatic rings. The van der Waals surface area contributed by atoms with Gasteiger partial charge in [-0.15, -0.1) is 0 Å². The monoisotopic (exact) mass is 418 g/mol. The van der Waals surface area contributed by atoms with Gasteiger partial charge in [-0.1, -0.05) is 22.0 Å². The molecular formula is C15H10Br2F2O2. The molecule has 2 aromatic rings. The molecule has 3 rings (SSSR count). The van der Waals surface area contributed by atoms with Crippen LogP contribution in [0, 0.1) is 11.6 Å². The van der Waals surface area contributed by atoms with Crippen molar-refractivity contribution in [3.8, 4) is 11.5 Å². The van der Waals surface area contributed by atoms with Crippen molar-refractivity contribution >= 4 is 31.9 Å². The maximum Gasteiger partial charge on any atom is 0.161 e. The first kappa shape index (κ1) is 14.8. The maximum absolute atomic E-state index is 14.0. The Labute approximate surface area is 137 Å². The molecule has 0 radical (unpaired) electrons. The third-order valence-corrected chi connectivity index (χ3v) is 4.80. The van der Waals surface area contributed by atoms with Crippen LogP contribution in [0.4, 0.5) is 8.78 Å². The third kappa shape index (κ3) is 2.92. The summed E-state index contributed by atoms with van der Waals surface area (Å²) in [6.45, 7) is 0.987. The molecule has 0 N–H and O–H groups in total. The van der Waals surface area contributed by atoms with E-state index < -0.39 is 16.5 Å². The van der Waals surface area contributed by atoms with Crippen molar-refractivity contribution in [2.75, 3.05) is 13.2 Å². The van der Waals surface area contributed by atoms with Crippen LogP contribution in [0.3, 0.4) is 0 Å². The minimum atomic E-state index is -0.506. The molecule has 2 nitrogen and oxygen atoms in total. The topological polar surface area (TPSA) is 18.5 Å². The van der Waals surface area contributed by atoms with E-state index in [2.05, 4.69) is 31.9 Å². The predicted octanol–water partition coefficient (Wildman–Crippen LogP) is 4.98. The van der Waals surface area contributed by atoms with E-state index in [1.165, 1.54) is 6.07 Å². The van der Waals surface area contributed by atoms with E-state index in [1.807, 2.05) is 0 Å². The lowest BCUT2D eigenvalue weighted by atomic mass is 10.0. The Morgan fingerprint density at radius 3 is 2.43 bits per heavy atom. The summed E-state index contributed by atoms with van der Waals surface area (Å²) in [4.78, 5) is -0.476. The second-order valence-corrected chi connectivity index (χ2v) is 6.32. The summed E-state index contributed by atoms with van der Waals surface area (Å²) in [7, 11) is 0. The number of fused-ring (bicyclic) bond motifs is 1. The van der Waals surface area contributed by atoms with Crippen molar-refractivity contribution in [3.63, 3.8) is 0 Å². The van der Waals surface area contributed by atoms with Crippen LogP contribution in [0.5, 0.6) is 11.5 Å². The minimum Gasteiger partial charge on any atom is -0.486 e. The standard InChI is InChI=1S/C15H10Br2F2O2/c16-10-7-11(18)9(6-12(10)19)15(17)8-1-2-13-14(5-8)21-4-3-20-13/h1-2,5-7,15H,3-4H2. The van der Waals surface area contributed by atoms with Gasteiger partial charge in [0.15, 0.2) is 11.5 Å². The van der Waals surface area contributed by atoms with Crippen molar-refractivity contribution in [1.29, 1.82) is 0 Å². The van der Waals surface area contributed by atoms with Crippen LogP contribution < -0.4 is 9.47 Å². The lowest BCUT2D eigenvalue weighted by Gasteiger charge is -2.20. The lowest BCUT2D eigenvalue weighted by Crippen LogP contribution is -2.15. The number of hydrogen-bond donors (Lipinski definition) is 0. The van der Waals surface area contributed by atoms with Gasteiger partial charge in [-0.05, 0) is 45.8 Å². The first-order chi connectivity index (χ1) is 10.1. The van der Waals surface area contributed by atoms with Gasteiger partial charge in [0.1, 0.15) is 24.8 Å². The van der Waals surface area contributed by atoms with Gasteiger partial charge < -0.3 is 9.47 Å². The highest BCUT2D eigenvalue weighted by atomic mass is 79.9. The fraction of sp³-hybridized carbons (Fsp3) is 0.200. The van der Waals surface area contributed by atoms with Crippen LogP contribution in [0.25, 0.3) is 0 Å². The molecule has 110 valence electrons. The van der Waals surface area contributed by atoms with Crippen LogP contribution in [-0.2, 0) is 0 Å². The number of ether oxygens (including phenoxy) is 2. The summed E-state index contributed by atoms with van der Waals surface area (Å²) in [6.07, 6.45) is 0. The van der Waals surface area contributed by atoms with Crippen molar-refractivity contribution < 1.29 is 18.3 Å². The smallest absolute Gasteiger partial charge is 0.161 e. The summed E-state index contributed by atoms with van der Waals surface area (Å²) in [5.41, 5.74) is 0.993. The Kier molecular flexibility index (Phi) is 4.17. The van der Waals surface area contributed by atoms with E-state index in [1.54, 1.807) is 18.2 Å². The highest BCUT2D eigenvalue weighted by Gasteiger charge is 2.20. The van der Waals surface area contributed by atoms with Crippen molar-refractivity contribution in [2.24, 2.45) is 0 Å². The fourth-order valence-electron chi connectivity index (χ4n) is 2.13. The van der Waals surface area contributed by atoms with Crippen LogP contribution in [0.1, 0.15) is 16.0 Å². The average molecular weight is 420 g/mol. The summed E-state index contributed by atoms with van der Waals surface area (Å²) in [5, 5.41) is 0. The van der Waals surface area contributed by atoms with Crippen molar-refractivity contribution in [3.05, 3.63) is 57.6 Å². The second-order valence-electron chi connectivity index (χ2n) is 4.55. The average Bonchev–Trinajstić information content (AvgIpc) is 2.50. The van der Waals surface area contributed by atoms with E-state index in [0.29, 0.717) is 24.7 Å². The SMILES string of the molecule is Fc1cc(C(Br)c2ccc3c(c2)OCCO3)c(F)cc1Br. The molecule has 0 saturated heterocycles. The summed E-state index contributed by atoms with van der Waals surface area (Å²) >= 11 is 6.38. The van der Waals surface area contributed by atoms with Gasteiger partial charge in [0, 0.05) is 5.56 Å². The second kappa shape index (κ2) is 5.93. The van der Waals surface area contributed by atoms with E-state index in [-0.39, 0.29) is 10.0 Å². The molecule has 1 heterocycles. The normalized spacial score (nSPS) is 14.9. The molecule has 0 aliphatic carbocycles. The zero-order valence-corrected chi connectivity index (χ0v) is 13.9. The van der Waals surface area contributed by atoms with Crippen LogP contribution >= 0.6 is 31.9 Å². The molecular weight excluding hydrogens is 410 g/mol. The Morgan fingerprint density at radius 2 is 1.67 bits per heavy atom. The quantitative estimate of drug-likeness (QED) is 0.504. The van der Waals surface area contributed by atoms with Gasteiger partial charge in [-0.25, -0.2) is 8.78 Å². The Bertz CT molecular complexity index is 692. The van der Waals surface area contributed by atoms with E-state index in [0.717, 1.165) is 11.6 Å². The minimum absolute atomic E-state index is 0.102. The third-order valence-electron chi connectivity index (χ3n) is 3.17. The Hall–Kier alpha value is -1.14. The van der Waals surface area contributed by atoms with Crippen LogP contribution in [0.2, 0.25) is 0 Å². The first-order valence-electron chi connectivity index (χ1n) is 6.24. The number of alkyl halides is 1. The van der Waals surface area contributed by atoms with Gasteiger partial charge in [0.25, 0.3) is 0 Å². The molecule has 0 spiro atoms. The zero-order valence-electron chi connectivity index (χ0n) is 10.7. The molecule has 1 atom stereocenters. The molecule has 6 heteroatoms. The molecule has 1 aliphatic heterocycles. The van der Waals surface area contributed by atoms with Gasteiger partial charge in [-0.3, -0.25) is 0 Å². The molecule has 2 aromatic carbocycles. The highest BCUT2D eigenvalue weighted by molar-refractivity contribution is 9.10. The largest absolute Gasteiger partial charge is 0.486 e. The van der Waals surface area contributed by atoms with Gasteiger partial charge >= 0.3 is 0 Å². The summed E-state index contributed by atoms with van der Waals surface area (Å²) in [5.74, 6) is 0.279. The molecule has 0 fully saturated rings. The van der Waals surface area contributed by atoms with Gasteiger partial charge in [0.2, 0.25) is 0 Å². The van der Waals surface area contributed by atoms with Gasteiger partial charge in [-0.2, -0.15) is 0 Å². The number of rotatable bonds is 2. The lowest BCUT2D eigenvalue weighted by molar-refractivity contribution is 0.171. The van der Waals surface area contributed by atoms with E-state index >= 15 is 0 Å². The highest BCUT2D eigenvalue weighted by Crippen LogP contribution is 2.39. The predicted molar refractivity (Wildman–Crippen MR) is 82.3 cm³/mol. The molecule has 0 amide bonds. The van der Waals surface area contributed by atoms with E-state index in [9.17, 15) is 8.78 Å². The van der Waals surface area contributed by atoms with Crippen LogP contribution in [-0.4, -0.2) is 13.2 Å². The summed E-state index contributed by atoms with van der Waals surface area (Å²) in [6, 6.07) is 7.64. The van der Waals surface area contributed by atoms with E-state index in [4.69, 9.17) is 9.47 Å². The number of halogens is 4. The maximum atomic E-state index is 14.0. The molecule has 21 heavy (non-hydrogen) atoms. The van der Waals surface area contributed by atoms with Crippen LogP contribution in [0.15, 0.2) is 34.8 Å². The fourth-order valence-corrected chi connectivity index (χ4v) is 3.08. The summed E-state index contributed by atoms with van der Waals surface area (Å²) < 4.78 is 38.7. The molecule has 0 aromatic heterocycles. The Balaban J connectivity index is 1.98. The number of hydrogen-bond acceptors (Lipinski definition) is 2. The number of benzene rings is 2. The molecule has 1 unspecified atom stereocenters. The van der Waals surface area contributed by atoms with Gasteiger partial charge in [0.05, 0.1) is 9.30 Å². The first-order valence-corrected chi connectivity index (χ1v) is 7.95.